The molecule has 0 saturated heterocycles. The predicted molar refractivity (Wildman–Crippen MR) is 63.8 cm³/mol. The molecule has 3 nitrogen and oxygen atoms in total. The fraction of sp³-hybridized carbons (Fsp3) is 0.0769. The van der Waals surface area contributed by atoms with Gasteiger partial charge < -0.3 is 5.11 Å². The van der Waals surface area contributed by atoms with Crippen molar-refractivity contribution < 1.29 is 5.11 Å². The normalized spacial score (nSPS) is 10.8. The van der Waals surface area contributed by atoms with Gasteiger partial charge in [0.15, 0.2) is 0 Å². The average Bonchev–Trinajstić information content (AvgIpc) is 2.28. The Kier molecular flexibility index (Phi) is 2.96. The summed E-state index contributed by atoms with van der Waals surface area (Å²) in [4.78, 5) is 8.19. The molecule has 1 heterocycles. The minimum Gasteiger partial charge on any atom is -0.508 e. The highest BCUT2D eigenvalue weighted by molar-refractivity contribution is 5.69. The Bertz CT molecular complexity index is 504. The van der Waals surface area contributed by atoms with E-state index in [1.54, 1.807) is 30.6 Å². The van der Waals surface area contributed by atoms with Crippen LogP contribution < -0.4 is 0 Å². The van der Waals surface area contributed by atoms with Gasteiger partial charge in [0.05, 0.1) is 0 Å². The second kappa shape index (κ2) is 4.57. The Morgan fingerprint density at radius 3 is 2.44 bits per heavy atom. The van der Waals surface area contributed by atoms with E-state index in [4.69, 9.17) is 0 Å². The van der Waals surface area contributed by atoms with Crippen LogP contribution in [0.5, 0.6) is 5.75 Å². The van der Waals surface area contributed by atoms with E-state index in [9.17, 15) is 5.11 Å². The van der Waals surface area contributed by atoms with Gasteiger partial charge >= 0.3 is 0 Å². The van der Waals surface area contributed by atoms with Crippen molar-refractivity contribution in [2.24, 2.45) is 0 Å². The molecule has 0 unspecified atom stereocenters. The number of benzene rings is 1. The molecule has 1 aromatic carbocycles. The second-order valence-electron chi connectivity index (χ2n) is 3.49. The third-order valence-corrected chi connectivity index (χ3v) is 2.14. The van der Waals surface area contributed by atoms with Gasteiger partial charge in [-0.2, -0.15) is 0 Å². The number of phenols is 1. The van der Waals surface area contributed by atoms with E-state index >= 15 is 0 Å². The predicted octanol–water partition coefficient (Wildman–Crippen LogP) is 2.66. The summed E-state index contributed by atoms with van der Waals surface area (Å²) in [5.41, 5.74) is 1.88. The molecule has 3 heteroatoms. The number of aryl methyl sites for hydroxylation is 1. The Labute approximate surface area is 94.1 Å². The quantitative estimate of drug-likeness (QED) is 0.832. The van der Waals surface area contributed by atoms with Crippen molar-refractivity contribution in [3.05, 3.63) is 53.6 Å². The number of aromatic nitrogens is 2. The fourth-order valence-electron chi connectivity index (χ4n) is 1.31. The van der Waals surface area contributed by atoms with E-state index in [1.165, 1.54) is 0 Å². The van der Waals surface area contributed by atoms with E-state index in [0.29, 0.717) is 0 Å². The third-order valence-electron chi connectivity index (χ3n) is 2.14. The molecule has 16 heavy (non-hydrogen) atoms. The lowest BCUT2D eigenvalue weighted by atomic mass is 10.2. The fourth-order valence-corrected chi connectivity index (χ4v) is 1.31. The lowest BCUT2D eigenvalue weighted by molar-refractivity contribution is 0.475. The number of nitrogens with zero attached hydrogens (tertiary/aromatic N) is 2. The van der Waals surface area contributed by atoms with Crippen molar-refractivity contribution in [2.75, 3.05) is 0 Å². The van der Waals surface area contributed by atoms with Crippen LogP contribution in [0.25, 0.3) is 12.2 Å². The molecule has 80 valence electrons. The monoisotopic (exact) mass is 212 g/mol. The summed E-state index contributed by atoms with van der Waals surface area (Å²) in [6.07, 6.45) is 7.35. The molecule has 1 aromatic heterocycles. The number of hydrogen-bond acceptors (Lipinski definition) is 3. The van der Waals surface area contributed by atoms with Crippen molar-refractivity contribution in [1.82, 2.24) is 9.97 Å². The van der Waals surface area contributed by atoms with Gasteiger partial charge in [0.2, 0.25) is 0 Å². The lowest BCUT2D eigenvalue weighted by Crippen LogP contribution is -1.85. The third kappa shape index (κ3) is 2.67. The molecule has 0 bridgehead atoms. The Balaban J connectivity index is 2.18. The zero-order valence-corrected chi connectivity index (χ0v) is 8.96. The van der Waals surface area contributed by atoms with Crippen molar-refractivity contribution in [1.29, 1.82) is 0 Å². The highest BCUT2D eigenvalue weighted by Gasteiger charge is 1.91. The summed E-state index contributed by atoms with van der Waals surface area (Å²) in [5.74, 6) is 1.02. The van der Waals surface area contributed by atoms with Gasteiger partial charge in [0.1, 0.15) is 11.6 Å². The number of aromatic hydroxyl groups is 1. The first kappa shape index (κ1) is 10.4. The Hall–Kier alpha value is -2.16. The van der Waals surface area contributed by atoms with Gasteiger partial charge in [-0.3, -0.25) is 0 Å². The second-order valence-corrected chi connectivity index (χ2v) is 3.49. The topological polar surface area (TPSA) is 46.0 Å². The van der Waals surface area contributed by atoms with Crippen molar-refractivity contribution in [3.63, 3.8) is 0 Å². The van der Waals surface area contributed by atoms with E-state index in [0.717, 1.165) is 17.0 Å². The van der Waals surface area contributed by atoms with E-state index in [1.807, 2.05) is 25.1 Å². The summed E-state index contributed by atoms with van der Waals surface area (Å²) in [7, 11) is 0. The maximum absolute atomic E-state index is 9.29. The molecule has 0 fully saturated rings. The van der Waals surface area contributed by atoms with Crippen LogP contribution in [0, 0.1) is 6.92 Å². The Morgan fingerprint density at radius 2 is 1.75 bits per heavy atom. The summed E-state index contributed by atoms with van der Waals surface area (Å²) >= 11 is 0. The minimum absolute atomic E-state index is 0.266. The van der Waals surface area contributed by atoms with Crippen LogP contribution in [0.15, 0.2) is 36.7 Å². The van der Waals surface area contributed by atoms with Gasteiger partial charge in [-0.25, -0.2) is 9.97 Å². The van der Waals surface area contributed by atoms with Crippen LogP contribution in [-0.4, -0.2) is 15.1 Å². The zero-order valence-electron chi connectivity index (χ0n) is 8.96. The summed E-state index contributed by atoms with van der Waals surface area (Å²) in [6, 6.07) is 7.07. The SMILES string of the molecule is Cc1ncc(/C=C/c2cccc(O)c2)cn1. The first-order chi connectivity index (χ1) is 7.74. The molecule has 0 aliphatic rings. The highest BCUT2D eigenvalue weighted by Crippen LogP contribution is 2.13. The average molecular weight is 212 g/mol. The van der Waals surface area contributed by atoms with Crippen LogP contribution in [0.1, 0.15) is 17.0 Å². The molecule has 0 aliphatic carbocycles. The van der Waals surface area contributed by atoms with E-state index < -0.39 is 0 Å². The first-order valence-electron chi connectivity index (χ1n) is 5.00. The maximum Gasteiger partial charge on any atom is 0.125 e. The van der Waals surface area contributed by atoms with E-state index in [-0.39, 0.29) is 5.75 Å². The van der Waals surface area contributed by atoms with Gasteiger partial charge in [0, 0.05) is 18.0 Å². The Morgan fingerprint density at radius 1 is 1.06 bits per heavy atom. The van der Waals surface area contributed by atoms with Crippen molar-refractivity contribution in [3.8, 4) is 5.75 Å². The maximum atomic E-state index is 9.29. The molecule has 0 radical (unpaired) electrons. The standard InChI is InChI=1S/C13H12N2O/c1-10-14-8-12(9-15-10)6-5-11-3-2-4-13(16)7-11/h2-9,16H,1H3/b6-5+. The zero-order chi connectivity index (χ0) is 11.4. The largest absolute Gasteiger partial charge is 0.508 e. The molecular formula is C13H12N2O. The number of hydrogen-bond donors (Lipinski definition) is 1. The van der Waals surface area contributed by atoms with Gasteiger partial charge in [-0.1, -0.05) is 24.3 Å². The molecule has 0 saturated carbocycles. The first-order valence-corrected chi connectivity index (χ1v) is 5.00. The number of rotatable bonds is 2. The molecule has 0 spiro atoms. The molecule has 2 rings (SSSR count). The van der Waals surface area contributed by atoms with E-state index in [2.05, 4.69) is 9.97 Å². The number of phenolic OH excluding ortho intramolecular Hbond substituents is 1. The van der Waals surface area contributed by atoms with Gasteiger partial charge in [-0.05, 0) is 24.6 Å². The molecule has 2 aromatic rings. The van der Waals surface area contributed by atoms with Crippen molar-refractivity contribution >= 4 is 12.2 Å². The highest BCUT2D eigenvalue weighted by atomic mass is 16.3. The lowest BCUT2D eigenvalue weighted by Gasteiger charge is -1.95. The molecule has 1 N–H and O–H groups in total. The van der Waals surface area contributed by atoms with Crippen LogP contribution in [0.4, 0.5) is 0 Å². The molecular weight excluding hydrogens is 200 g/mol. The molecule has 0 atom stereocenters. The van der Waals surface area contributed by atoms with Crippen LogP contribution in [-0.2, 0) is 0 Å². The van der Waals surface area contributed by atoms with Gasteiger partial charge in [0.25, 0.3) is 0 Å². The summed E-state index contributed by atoms with van der Waals surface area (Å²) in [6.45, 7) is 1.85. The molecule has 0 aliphatic heterocycles. The van der Waals surface area contributed by atoms with Crippen LogP contribution in [0.2, 0.25) is 0 Å². The van der Waals surface area contributed by atoms with Crippen LogP contribution >= 0.6 is 0 Å². The molecule has 0 amide bonds. The van der Waals surface area contributed by atoms with Crippen LogP contribution in [0.3, 0.4) is 0 Å². The minimum atomic E-state index is 0.266. The summed E-state index contributed by atoms with van der Waals surface area (Å²) in [5, 5.41) is 9.29. The van der Waals surface area contributed by atoms with Gasteiger partial charge in [-0.15, -0.1) is 0 Å². The van der Waals surface area contributed by atoms with Crippen molar-refractivity contribution in [2.45, 2.75) is 6.92 Å². The summed E-state index contributed by atoms with van der Waals surface area (Å²) < 4.78 is 0. The smallest absolute Gasteiger partial charge is 0.125 e.